The molecule has 0 N–H and O–H groups in total. The van der Waals surface area contributed by atoms with Gasteiger partial charge in [-0.15, -0.1) is 11.3 Å². The Balaban J connectivity index is 1.69. The van der Waals surface area contributed by atoms with Crippen LogP contribution in [0.15, 0.2) is 23.2 Å². The van der Waals surface area contributed by atoms with Crippen molar-refractivity contribution >= 4 is 17.2 Å². The maximum atomic E-state index is 12.2. The molecule has 0 spiro atoms. The van der Waals surface area contributed by atoms with Crippen LogP contribution in [0.1, 0.15) is 40.2 Å². The Kier molecular flexibility index (Phi) is 3.33. The highest BCUT2D eigenvalue weighted by molar-refractivity contribution is 7.11. The molecule has 1 saturated heterocycles. The van der Waals surface area contributed by atoms with Crippen molar-refractivity contribution in [2.45, 2.75) is 32.1 Å². The van der Waals surface area contributed by atoms with E-state index in [1.807, 2.05) is 11.1 Å². The first-order chi connectivity index (χ1) is 9.58. The number of aryl methyl sites for hydroxylation is 1. The molecule has 5 nitrogen and oxygen atoms in total. The Bertz CT molecular complexity index is 598. The fourth-order valence-corrected chi connectivity index (χ4v) is 3.49. The summed E-state index contributed by atoms with van der Waals surface area (Å²) >= 11 is 1.76. The summed E-state index contributed by atoms with van der Waals surface area (Å²) in [6.45, 7) is 5.78. The third kappa shape index (κ3) is 2.35. The molecule has 1 aliphatic heterocycles. The van der Waals surface area contributed by atoms with Crippen molar-refractivity contribution in [1.82, 2.24) is 14.9 Å². The third-order valence-electron chi connectivity index (χ3n) is 3.93. The summed E-state index contributed by atoms with van der Waals surface area (Å²) in [4.78, 5) is 23.6. The standard InChI is InChI=1S/C14H17N3O2S/c1-10-7-16-13(20-10)14(2)3-5-17(6-4-14)12(18)11-8-15-9-19-11/h7-9H,3-6H2,1-2H3. The smallest absolute Gasteiger partial charge is 0.291 e. The number of likely N-dealkylation sites (tertiary alicyclic amines) is 1. The molecule has 3 rings (SSSR count). The Labute approximate surface area is 121 Å². The fourth-order valence-electron chi connectivity index (χ4n) is 2.53. The number of carbonyl (C=O) groups excluding carboxylic acids is 1. The predicted octanol–water partition coefficient (Wildman–Crippen LogP) is 2.63. The number of amides is 1. The number of hydrogen-bond donors (Lipinski definition) is 0. The van der Waals surface area contributed by atoms with E-state index >= 15 is 0 Å². The van der Waals surface area contributed by atoms with Gasteiger partial charge in [0.2, 0.25) is 5.76 Å². The second kappa shape index (κ2) is 5.01. The normalized spacial score (nSPS) is 18.2. The van der Waals surface area contributed by atoms with Gasteiger partial charge in [-0.3, -0.25) is 4.79 Å². The number of aromatic nitrogens is 2. The number of thiazole rings is 1. The van der Waals surface area contributed by atoms with Gasteiger partial charge in [0.05, 0.1) is 11.2 Å². The molecular weight excluding hydrogens is 274 g/mol. The SMILES string of the molecule is Cc1cnc(C2(C)CCN(C(=O)c3cnco3)CC2)s1. The molecule has 1 fully saturated rings. The first-order valence-electron chi connectivity index (χ1n) is 6.69. The second-order valence-corrected chi connectivity index (χ2v) is 6.73. The second-order valence-electron chi connectivity index (χ2n) is 5.49. The number of oxazole rings is 1. The van der Waals surface area contributed by atoms with Gasteiger partial charge >= 0.3 is 0 Å². The Hall–Kier alpha value is -1.69. The molecule has 0 aliphatic carbocycles. The van der Waals surface area contributed by atoms with E-state index in [0.29, 0.717) is 5.76 Å². The number of rotatable bonds is 2. The van der Waals surface area contributed by atoms with Gasteiger partial charge in [0.1, 0.15) is 0 Å². The van der Waals surface area contributed by atoms with E-state index in [2.05, 4.69) is 23.8 Å². The quantitative estimate of drug-likeness (QED) is 0.853. The van der Waals surface area contributed by atoms with Crippen LogP contribution in [-0.4, -0.2) is 33.9 Å². The van der Waals surface area contributed by atoms with Gasteiger partial charge in [-0.1, -0.05) is 6.92 Å². The van der Waals surface area contributed by atoms with Crippen LogP contribution in [0.4, 0.5) is 0 Å². The van der Waals surface area contributed by atoms with Crippen molar-refractivity contribution < 1.29 is 9.21 Å². The average Bonchev–Trinajstić information content (AvgIpc) is 3.10. The zero-order valence-corrected chi connectivity index (χ0v) is 12.4. The Morgan fingerprint density at radius 2 is 2.15 bits per heavy atom. The van der Waals surface area contributed by atoms with E-state index in [4.69, 9.17) is 4.42 Å². The molecule has 106 valence electrons. The van der Waals surface area contributed by atoms with E-state index in [1.165, 1.54) is 22.5 Å². The van der Waals surface area contributed by atoms with E-state index in [9.17, 15) is 4.79 Å². The third-order valence-corrected chi connectivity index (χ3v) is 5.15. The van der Waals surface area contributed by atoms with Gasteiger partial charge in [0.15, 0.2) is 6.39 Å². The summed E-state index contributed by atoms with van der Waals surface area (Å²) in [6.07, 6.45) is 6.55. The maximum absolute atomic E-state index is 12.2. The zero-order valence-electron chi connectivity index (χ0n) is 11.6. The van der Waals surface area contributed by atoms with Crippen LogP contribution in [0.2, 0.25) is 0 Å². The summed E-state index contributed by atoms with van der Waals surface area (Å²) in [7, 11) is 0. The van der Waals surface area contributed by atoms with Crippen molar-refractivity contribution in [3.05, 3.63) is 34.4 Å². The molecule has 20 heavy (non-hydrogen) atoms. The number of carbonyl (C=O) groups is 1. The molecule has 0 radical (unpaired) electrons. The van der Waals surface area contributed by atoms with E-state index in [-0.39, 0.29) is 11.3 Å². The van der Waals surface area contributed by atoms with Crippen molar-refractivity contribution in [3.63, 3.8) is 0 Å². The number of piperidine rings is 1. The lowest BCUT2D eigenvalue weighted by atomic mass is 9.81. The fraction of sp³-hybridized carbons (Fsp3) is 0.500. The highest BCUT2D eigenvalue weighted by Crippen LogP contribution is 2.37. The summed E-state index contributed by atoms with van der Waals surface area (Å²) in [5, 5.41) is 1.18. The van der Waals surface area contributed by atoms with Crippen LogP contribution < -0.4 is 0 Å². The lowest BCUT2D eigenvalue weighted by Gasteiger charge is -2.37. The average molecular weight is 291 g/mol. The van der Waals surface area contributed by atoms with Crippen molar-refractivity contribution in [2.24, 2.45) is 0 Å². The molecule has 2 aromatic heterocycles. The molecule has 0 saturated carbocycles. The minimum Gasteiger partial charge on any atom is -0.438 e. The van der Waals surface area contributed by atoms with Crippen LogP contribution in [0, 0.1) is 6.92 Å². The minimum absolute atomic E-state index is 0.0696. The predicted molar refractivity (Wildman–Crippen MR) is 75.8 cm³/mol. The molecule has 6 heteroatoms. The first kappa shape index (κ1) is 13.3. The lowest BCUT2D eigenvalue weighted by Crippen LogP contribution is -2.43. The minimum atomic E-state index is -0.0696. The molecule has 3 heterocycles. The molecule has 0 bridgehead atoms. The topological polar surface area (TPSA) is 59.2 Å². The maximum Gasteiger partial charge on any atom is 0.291 e. The van der Waals surface area contributed by atoms with Crippen molar-refractivity contribution in [2.75, 3.05) is 13.1 Å². The zero-order chi connectivity index (χ0) is 14.2. The van der Waals surface area contributed by atoms with Crippen LogP contribution in [0.5, 0.6) is 0 Å². The van der Waals surface area contributed by atoms with Crippen molar-refractivity contribution in [1.29, 1.82) is 0 Å². The number of hydrogen-bond acceptors (Lipinski definition) is 5. The largest absolute Gasteiger partial charge is 0.438 e. The molecular formula is C14H17N3O2S. The molecule has 0 atom stereocenters. The first-order valence-corrected chi connectivity index (χ1v) is 7.51. The van der Waals surface area contributed by atoms with Gasteiger partial charge in [-0.05, 0) is 19.8 Å². The van der Waals surface area contributed by atoms with Crippen LogP contribution in [-0.2, 0) is 5.41 Å². The van der Waals surface area contributed by atoms with Crippen LogP contribution in [0.3, 0.4) is 0 Å². The van der Waals surface area contributed by atoms with E-state index < -0.39 is 0 Å². The summed E-state index contributed by atoms with van der Waals surface area (Å²) in [5.41, 5.74) is 0.0805. The van der Waals surface area contributed by atoms with Gasteiger partial charge in [-0.25, -0.2) is 9.97 Å². The van der Waals surface area contributed by atoms with Gasteiger partial charge in [0, 0.05) is 29.6 Å². The Morgan fingerprint density at radius 1 is 1.40 bits per heavy atom. The summed E-state index contributed by atoms with van der Waals surface area (Å²) in [5.74, 6) is 0.249. The van der Waals surface area contributed by atoms with Crippen LogP contribution >= 0.6 is 11.3 Å². The van der Waals surface area contributed by atoms with Gasteiger partial charge in [-0.2, -0.15) is 0 Å². The highest BCUT2D eigenvalue weighted by atomic mass is 32.1. The van der Waals surface area contributed by atoms with Crippen LogP contribution in [0.25, 0.3) is 0 Å². The molecule has 1 amide bonds. The molecule has 0 unspecified atom stereocenters. The monoisotopic (exact) mass is 291 g/mol. The molecule has 0 aromatic carbocycles. The summed E-state index contributed by atoms with van der Waals surface area (Å²) in [6, 6.07) is 0. The van der Waals surface area contributed by atoms with Gasteiger partial charge < -0.3 is 9.32 Å². The van der Waals surface area contributed by atoms with Gasteiger partial charge in [0.25, 0.3) is 5.91 Å². The van der Waals surface area contributed by atoms with E-state index in [0.717, 1.165) is 25.9 Å². The Morgan fingerprint density at radius 3 is 2.70 bits per heavy atom. The molecule has 1 aliphatic rings. The number of nitrogens with zero attached hydrogens (tertiary/aromatic N) is 3. The lowest BCUT2D eigenvalue weighted by molar-refractivity contribution is 0.0644. The van der Waals surface area contributed by atoms with E-state index in [1.54, 1.807) is 11.3 Å². The van der Waals surface area contributed by atoms with Crippen molar-refractivity contribution in [3.8, 4) is 0 Å². The summed E-state index contributed by atoms with van der Waals surface area (Å²) < 4.78 is 5.08. The molecule has 2 aromatic rings. The highest BCUT2D eigenvalue weighted by Gasteiger charge is 2.36.